The predicted molar refractivity (Wildman–Crippen MR) is 131 cm³/mol. The molecule has 4 rings (SSSR count). The van der Waals surface area contributed by atoms with Gasteiger partial charge in [-0.05, 0) is 81.6 Å². The summed E-state index contributed by atoms with van der Waals surface area (Å²) in [6, 6.07) is 18.8. The van der Waals surface area contributed by atoms with Gasteiger partial charge in [-0.1, -0.05) is 24.3 Å². The minimum absolute atomic E-state index is 0.0399. The zero-order valence-corrected chi connectivity index (χ0v) is 19.2. The van der Waals surface area contributed by atoms with Crippen molar-refractivity contribution in [2.75, 3.05) is 5.32 Å². The second-order valence-electron chi connectivity index (χ2n) is 8.47. The lowest BCUT2D eigenvalue weighted by molar-refractivity contribution is 0.189. The van der Waals surface area contributed by atoms with Gasteiger partial charge in [-0.2, -0.15) is 4.99 Å². The molecule has 1 aliphatic rings. The molecular formula is C27H27F3N4. The normalized spacial score (nSPS) is 19.3. The van der Waals surface area contributed by atoms with Crippen molar-refractivity contribution in [3.63, 3.8) is 0 Å². The number of halogens is 3. The summed E-state index contributed by atoms with van der Waals surface area (Å²) < 4.78 is 43.2. The maximum Gasteiger partial charge on any atom is 0.228 e. The number of benzene rings is 3. The van der Waals surface area contributed by atoms with Crippen molar-refractivity contribution >= 4 is 23.2 Å². The van der Waals surface area contributed by atoms with E-state index >= 15 is 0 Å². The summed E-state index contributed by atoms with van der Waals surface area (Å²) in [5.41, 5.74) is 0.827. The number of hydrogen-bond acceptors (Lipinski definition) is 1. The number of guanidine groups is 1. The largest absolute Gasteiger partial charge is 0.339 e. The summed E-state index contributed by atoms with van der Waals surface area (Å²) in [6.07, 6.45) is 3.01. The van der Waals surface area contributed by atoms with Crippen LogP contribution in [0, 0.1) is 17.5 Å². The Bertz CT molecular complexity index is 1150. The molecular weight excluding hydrogens is 437 g/mol. The number of aliphatic imine (C=N–C) groups is 2. The molecule has 1 heterocycles. The van der Waals surface area contributed by atoms with Crippen molar-refractivity contribution in [1.82, 2.24) is 4.90 Å². The molecule has 0 aliphatic carbocycles. The van der Waals surface area contributed by atoms with Gasteiger partial charge in [0.25, 0.3) is 0 Å². The summed E-state index contributed by atoms with van der Waals surface area (Å²) in [5, 5.41) is 2.99. The maximum absolute atomic E-state index is 14.9. The molecule has 176 valence electrons. The highest BCUT2D eigenvalue weighted by Crippen LogP contribution is 2.26. The Labute approximate surface area is 197 Å². The van der Waals surface area contributed by atoms with Crippen LogP contribution in [0.5, 0.6) is 0 Å². The topological polar surface area (TPSA) is 40.0 Å². The number of rotatable bonds is 3. The van der Waals surface area contributed by atoms with Crippen LogP contribution in [0.3, 0.4) is 0 Å². The number of para-hydroxylation sites is 1. The molecule has 2 unspecified atom stereocenters. The molecule has 0 spiro atoms. The molecule has 2 atom stereocenters. The lowest BCUT2D eigenvalue weighted by atomic mass is 9.98. The summed E-state index contributed by atoms with van der Waals surface area (Å²) in [6.45, 7) is 4.20. The highest BCUT2D eigenvalue weighted by molar-refractivity contribution is 6.13. The van der Waals surface area contributed by atoms with Crippen molar-refractivity contribution in [2.24, 2.45) is 9.98 Å². The second kappa shape index (κ2) is 10.5. The van der Waals surface area contributed by atoms with E-state index in [2.05, 4.69) is 24.1 Å². The minimum Gasteiger partial charge on any atom is -0.339 e. The Morgan fingerprint density at radius 2 is 1.44 bits per heavy atom. The van der Waals surface area contributed by atoms with E-state index in [0.717, 1.165) is 19.3 Å². The van der Waals surface area contributed by atoms with E-state index in [-0.39, 0.29) is 23.5 Å². The quantitative estimate of drug-likeness (QED) is 0.338. The zero-order chi connectivity index (χ0) is 24.1. The van der Waals surface area contributed by atoms with E-state index in [1.54, 1.807) is 0 Å². The zero-order valence-electron chi connectivity index (χ0n) is 19.2. The van der Waals surface area contributed by atoms with Gasteiger partial charge in [-0.15, -0.1) is 0 Å². The van der Waals surface area contributed by atoms with Crippen molar-refractivity contribution in [3.05, 3.63) is 95.8 Å². The van der Waals surface area contributed by atoms with Gasteiger partial charge in [0.15, 0.2) is 0 Å². The fourth-order valence-corrected chi connectivity index (χ4v) is 4.21. The molecule has 3 aromatic carbocycles. The van der Waals surface area contributed by atoms with Gasteiger partial charge in [-0.25, -0.2) is 18.2 Å². The Morgan fingerprint density at radius 3 is 2.06 bits per heavy atom. The van der Waals surface area contributed by atoms with Crippen LogP contribution in [0.25, 0.3) is 0 Å². The highest BCUT2D eigenvalue weighted by Gasteiger charge is 2.29. The maximum atomic E-state index is 14.9. The minimum atomic E-state index is -0.757. The number of hydrogen-bond donors (Lipinski definition) is 1. The van der Waals surface area contributed by atoms with Gasteiger partial charge in [-0.3, -0.25) is 0 Å². The summed E-state index contributed by atoms with van der Waals surface area (Å²) in [5.74, 6) is -1.61. The second-order valence-corrected chi connectivity index (χ2v) is 8.47. The van der Waals surface area contributed by atoms with Crippen molar-refractivity contribution in [3.8, 4) is 0 Å². The number of piperidine rings is 1. The lowest BCUT2D eigenvalue weighted by Gasteiger charge is -2.39. The first kappa shape index (κ1) is 23.5. The van der Waals surface area contributed by atoms with Gasteiger partial charge < -0.3 is 10.2 Å². The number of amidine groups is 1. The molecule has 1 aliphatic heterocycles. The van der Waals surface area contributed by atoms with E-state index in [1.807, 2.05) is 30.3 Å². The van der Waals surface area contributed by atoms with Gasteiger partial charge in [0.1, 0.15) is 23.3 Å². The van der Waals surface area contributed by atoms with Crippen molar-refractivity contribution in [1.29, 1.82) is 0 Å². The Kier molecular flexibility index (Phi) is 7.30. The van der Waals surface area contributed by atoms with Crippen LogP contribution in [0.1, 0.15) is 38.7 Å². The van der Waals surface area contributed by atoms with Crippen LogP contribution in [-0.4, -0.2) is 28.8 Å². The standard InChI is InChI=1S/C27H27F3N4/c1-18-8-6-9-19(2)34(18)27(32-21-10-4-3-5-11-21)33-26(25-23(29)12-7-13-24(25)30)31-22-16-14-20(28)15-17-22/h3-5,7,10-19H,6,8-9H2,1-2H3,(H,31,32,33). The van der Waals surface area contributed by atoms with E-state index in [9.17, 15) is 13.2 Å². The van der Waals surface area contributed by atoms with E-state index < -0.39 is 17.5 Å². The van der Waals surface area contributed by atoms with Crippen LogP contribution in [0.2, 0.25) is 0 Å². The Balaban J connectivity index is 1.88. The molecule has 3 aromatic rings. The SMILES string of the molecule is CC1CCCC(C)N1C(N=C(Nc1ccc(F)cc1)c1c(F)cccc1F)=Nc1ccccc1. The van der Waals surface area contributed by atoms with Crippen LogP contribution >= 0.6 is 0 Å². The van der Waals surface area contributed by atoms with Crippen LogP contribution < -0.4 is 5.32 Å². The average Bonchev–Trinajstić information content (AvgIpc) is 2.81. The molecule has 0 aromatic heterocycles. The summed E-state index contributed by atoms with van der Waals surface area (Å²) in [4.78, 5) is 11.6. The molecule has 0 amide bonds. The van der Waals surface area contributed by atoms with Crippen LogP contribution in [-0.2, 0) is 0 Å². The van der Waals surface area contributed by atoms with E-state index in [0.29, 0.717) is 17.3 Å². The molecule has 1 saturated heterocycles. The Morgan fingerprint density at radius 1 is 0.824 bits per heavy atom. The molecule has 0 saturated carbocycles. The van der Waals surface area contributed by atoms with Crippen molar-refractivity contribution < 1.29 is 13.2 Å². The third-order valence-corrected chi connectivity index (χ3v) is 5.93. The fourth-order valence-electron chi connectivity index (χ4n) is 4.21. The number of likely N-dealkylation sites (tertiary alicyclic amines) is 1. The number of nitrogens with zero attached hydrogens (tertiary/aromatic N) is 3. The van der Waals surface area contributed by atoms with Crippen molar-refractivity contribution in [2.45, 2.75) is 45.2 Å². The van der Waals surface area contributed by atoms with E-state index in [1.165, 1.54) is 42.5 Å². The number of anilines is 1. The van der Waals surface area contributed by atoms with Crippen LogP contribution in [0.4, 0.5) is 24.5 Å². The fraction of sp³-hybridized carbons (Fsp3) is 0.259. The van der Waals surface area contributed by atoms with E-state index in [4.69, 9.17) is 9.98 Å². The Hall–Kier alpha value is -3.61. The smallest absolute Gasteiger partial charge is 0.228 e. The monoisotopic (exact) mass is 464 g/mol. The van der Waals surface area contributed by atoms with Gasteiger partial charge in [0.2, 0.25) is 5.96 Å². The number of nitrogens with one attached hydrogen (secondary N) is 1. The van der Waals surface area contributed by atoms with Gasteiger partial charge in [0, 0.05) is 17.8 Å². The molecule has 1 N–H and O–H groups in total. The first-order chi connectivity index (χ1) is 16.4. The molecule has 0 radical (unpaired) electrons. The molecule has 4 nitrogen and oxygen atoms in total. The molecule has 7 heteroatoms. The third-order valence-electron chi connectivity index (χ3n) is 5.93. The molecule has 0 bridgehead atoms. The molecule has 34 heavy (non-hydrogen) atoms. The first-order valence-electron chi connectivity index (χ1n) is 11.4. The highest BCUT2D eigenvalue weighted by atomic mass is 19.1. The van der Waals surface area contributed by atoms with Gasteiger partial charge in [0.05, 0.1) is 11.3 Å². The lowest BCUT2D eigenvalue weighted by Crippen LogP contribution is -2.47. The molecule has 1 fully saturated rings. The van der Waals surface area contributed by atoms with Crippen LogP contribution in [0.15, 0.2) is 82.8 Å². The first-order valence-corrected chi connectivity index (χ1v) is 11.4. The summed E-state index contributed by atoms with van der Waals surface area (Å²) >= 11 is 0. The third kappa shape index (κ3) is 5.47. The average molecular weight is 465 g/mol. The summed E-state index contributed by atoms with van der Waals surface area (Å²) in [7, 11) is 0. The van der Waals surface area contributed by atoms with Gasteiger partial charge >= 0.3 is 0 Å². The predicted octanol–water partition coefficient (Wildman–Crippen LogP) is 6.91.